The molecule has 1 atom stereocenters. The van der Waals surface area contributed by atoms with Gasteiger partial charge in [-0.2, -0.15) is 0 Å². The van der Waals surface area contributed by atoms with E-state index >= 15 is 0 Å². The molecule has 6 heteroatoms. The van der Waals surface area contributed by atoms with Gasteiger partial charge in [0.05, 0.1) is 7.11 Å². The Morgan fingerprint density at radius 2 is 1.96 bits per heavy atom. The van der Waals surface area contributed by atoms with Crippen molar-refractivity contribution in [3.05, 3.63) is 64.8 Å². The first-order valence-electron chi connectivity index (χ1n) is 7.56. The average molecular weight is 342 g/mol. The Hall–Kier alpha value is -3.15. The summed E-state index contributed by atoms with van der Waals surface area (Å²) in [6.07, 6.45) is -0.805. The van der Waals surface area contributed by atoms with Crippen molar-refractivity contribution in [2.24, 2.45) is 0 Å². The van der Waals surface area contributed by atoms with Crippen LogP contribution in [0.15, 0.2) is 57.7 Å². The number of methoxy groups -OCH3 is 1. The van der Waals surface area contributed by atoms with Crippen LogP contribution in [0.2, 0.25) is 0 Å². The fraction of sp³-hybridized carbons (Fsp3) is 0.158. The summed E-state index contributed by atoms with van der Waals surface area (Å²) in [6, 6.07) is 12.1. The molecule has 0 bridgehead atoms. The van der Waals surface area contributed by atoms with E-state index in [9.17, 15) is 14.0 Å². The third-order valence-corrected chi connectivity index (χ3v) is 3.70. The molecule has 0 saturated carbocycles. The minimum Gasteiger partial charge on any atom is -0.479 e. The topological polar surface area (TPSA) is 65.7 Å². The molecule has 5 nitrogen and oxygen atoms in total. The maximum Gasteiger partial charge on any atom is 0.346 e. The second-order valence-corrected chi connectivity index (χ2v) is 5.43. The molecule has 1 unspecified atom stereocenters. The van der Waals surface area contributed by atoms with Gasteiger partial charge in [-0.1, -0.05) is 12.1 Å². The summed E-state index contributed by atoms with van der Waals surface area (Å²) in [7, 11) is 1.27. The van der Waals surface area contributed by atoms with Crippen LogP contribution in [0.4, 0.5) is 4.39 Å². The van der Waals surface area contributed by atoms with Crippen LogP contribution in [0.25, 0.3) is 22.1 Å². The minimum absolute atomic E-state index is 0.279. The van der Waals surface area contributed by atoms with Crippen molar-refractivity contribution in [2.75, 3.05) is 7.11 Å². The van der Waals surface area contributed by atoms with Crippen LogP contribution >= 0.6 is 0 Å². The van der Waals surface area contributed by atoms with Gasteiger partial charge in [0, 0.05) is 17.5 Å². The van der Waals surface area contributed by atoms with Gasteiger partial charge in [0.25, 0.3) is 0 Å². The van der Waals surface area contributed by atoms with Gasteiger partial charge in [-0.15, -0.1) is 0 Å². The van der Waals surface area contributed by atoms with Crippen molar-refractivity contribution in [1.82, 2.24) is 0 Å². The SMILES string of the molecule is COC(=O)C(C)Oc1ccc2c(-c3cccc(F)c3)cc(=O)oc2c1. The quantitative estimate of drug-likeness (QED) is 0.536. The highest BCUT2D eigenvalue weighted by Crippen LogP contribution is 2.30. The Bertz CT molecular complexity index is 993. The summed E-state index contributed by atoms with van der Waals surface area (Å²) < 4.78 is 28.8. The van der Waals surface area contributed by atoms with Crippen molar-refractivity contribution in [2.45, 2.75) is 13.0 Å². The predicted molar refractivity (Wildman–Crippen MR) is 90.0 cm³/mol. The highest BCUT2D eigenvalue weighted by atomic mass is 19.1. The van der Waals surface area contributed by atoms with E-state index in [0.717, 1.165) is 0 Å². The van der Waals surface area contributed by atoms with Crippen LogP contribution in [-0.2, 0) is 9.53 Å². The zero-order valence-corrected chi connectivity index (χ0v) is 13.6. The van der Waals surface area contributed by atoms with Gasteiger partial charge in [0.15, 0.2) is 6.10 Å². The second-order valence-electron chi connectivity index (χ2n) is 5.43. The van der Waals surface area contributed by atoms with E-state index in [1.54, 1.807) is 31.2 Å². The number of halogens is 1. The Kier molecular flexibility index (Phi) is 4.52. The maximum absolute atomic E-state index is 13.5. The van der Waals surface area contributed by atoms with Crippen LogP contribution in [-0.4, -0.2) is 19.2 Å². The molecule has 0 radical (unpaired) electrons. The Balaban J connectivity index is 2.07. The zero-order chi connectivity index (χ0) is 18.0. The number of ether oxygens (including phenoxy) is 2. The van der Waals surface area contributed by atoms with Crippen molar-refractivity contribution in [1.29, 1.82) is 0 Å². The molecule has 0 saturated heterocycles. The van der Waals surface area contributed by atoms with Gasteiger partial charge in [-0.05, 0) is 42.3 Å². The number of hydrogen-bond acceptors (Lipinski definition) is 5. The molecule has 0 amide bonds. The van der Waals surface area contributed by atoms with Crippen molar-refractivity contribution in [3.63, 3.8) is 0 Å². The first kappa shape index (κ1) is 16.7. The van der Waals surface area contributed by atoms with E-state index in [1.165, 1.54) is 31.4 Å². The molecule has 1 aromatic heterocycles. The summed E-state index contributed by atoms with van der Waals surface area (Å²) in [5, 5.41) is 0.628. The largest absolute Gasteiger partial charge is 0.479 e. The van der Waals surface area contributed by atoms with E-state index in [0.29, 0.717) is 22.3 Å². The van der Waals surface area contributed by atoms with E-state index in [-0.39, 0.29) is 5.58 Å². The molecule has 0 aliphatic rings. The number of esters is 1. The Morgan fingerprint density at radius 3 is 2.68 bits per heavy atom. The predicted octanol–water partition coefficient (Wildman–Crippen LogP) is 3.54. The molecule has 3 aromatic rings. The van der Waals surface area contributed by atoms with E-state index < -0.39 is 23.5 Å². The number of carbonyl (C=O) groups is 1. The van der Waals surface area contributed by atoms with Gasteiger partial charge in [0.2, 0.25) is 0 Å². The van der Waals surface area contributed by atoms with Crippen LogP contribution in [0.5, 0.6) is 5.75 Å². The molecular weight excluding hydrogens is 327 g/mol. The van der Waals surface area contributed by atoms with Crippen molar-refractivity contribution < 1.29 is 23.1 Å². The smallest absolute Gasteiger partial charge is 0.346 e. The van der Waals surface area contributed by atoms with Crippen molar-refractivity contribution >= 4 is 16.9 Å². The summed E-state index contributed by atoms with van der Waals surface area (Å²) in [5.41, 5.74) is 0.832. The molecule has 0 N–H and O–H groups in total. The standard InChI is InChI=1S/C19H15FO5/c1-11(19(22)23-2)24-14-6-7-15-16(10-18(21)25-17(15)9-14)12-4-3-5-13(20)8-12/h3-11H,1-2H3. The molecule has 0 aliphatic carbocycles. The van der Waals surface area contributed by atoms with E-state index in [1.807, 2.05) is 0 Å². The van der Waals surface area contributed by atoms with Gasteiger partial charge in [0.1, 0.15) is 17.1 Å². The normalized spacial score (nSPS) is 12.0. The Morgan fingerprint density at radius 1 is 1.16 bits per heavy atom. The summed E-state index contributed by atoms with van der Waals surface area (Å²) in [4.78, 5) is 23.3. The lowest BCUT2D eigenvalue weighted by molar-refractivity contribution is -0.147. The highest BCUT2D eigenvalue weighted by molar-refractivity contribution is 5.93. The van der Waals surface area contributed by atoms with Crippen LogP contribution in [0.3, 0.4) is 0 Å². The van der Waals surface area contributed by atoms with Gasteiger partial charge in [-0.3, -0.25) is 0 Å². The molecule has 2 aromatic carbocycles. The molecule has 1 heterocycles. The minimum atomic E-state index is -0.805. The monoisotopic (exact) mass is 342 g/mol. The number of fused-ring (bicyclic) bond motifs is 1. The number of carbonyl (C=O) groups excluding carboxylic acids is 1. The molecular formula is C19H15FO5. The molecule has 0 aliphatic heterocycles. The number of benzene rings is 2. The molecule has 128 valence electrons. The maximum atomic E-state index is 13.5. The lowest BCUT2D eigenvalue weighted by atomic mass is 10.0. The summed E-state index contributed by atoms with van der Waals surface area (Å²) >= 11 is 0. The van der Waals surface area contributed by atoms with E-state index in [2.05, 4.69) is 4.74 Å². The Labute approximate surface area is 142 Å². The molecule has 0 fully saturated rings. The van der Waals surface area contributed by atoms with Gasteiger partial charge >= 0.3 is 11.6 Å². The van der Waals surface area contributed by atoms with Crippen LogP contribution in [0.1, 0.15) is 6.92 Å². The second kappa shape index (κ2) is 6.76. The average Bonchev–Trinajstić information content (AvgIpc) is 2.59. The molecule has 25 heavy (non-hydrogen) atoms. The third kappa shape index (κ3) is 3.52. The number of rotatable bonds is 4. The fourth-order valence-corrected chi connectivity index (χ4v) is 2.53. The molecule has 0 spiro atoms. The van der Waals surface area contributed by atoms with Crippen molar-refractivity contribution in [3.8, 4) is 16.9 Å². The lowest BCUT2D eigenvalue weighted by Crippen LogP contribution is -2.24. The summed E-state index contributed by atoms with van der Waals surface area (Å²) in [5.74, 6) is -0.564. The van der Waals surface area contributed by atoms with Gasteiger partial charge < -0.3 is 13.9 Å². The van der Waals surface area contributed by atoms with Crippen LogP contribution < -0.4 is 10.4 Å². The number of hydrogen-bond donors (Lipinski definition) is 0. The van der Waals surface area contributed by atoms with Gasteiger partial charge in [-0.25, -0.2) is 14.0 Å². The first-order chi connectivity index (χ1) is 12.0. The fourth-order valence-electron chi connectivity index (χ4n) is 2.53. The van der Waals surface area contributed by atoms with E-state index in [4.69, 9.17) is 9.15 Å². The highest BCUT2D eigenvalue weighted by Gasteiger charge is 2.16. The first-order valence-corrected chi connectivity index (χ1v) is 7.56. The lowest BCUT2D eigenvalue weighted by Gasteiger charge is -2.13. The molecule has 3 rings (SSSR count). The summed E-state index contributed by atoms with van der Waals surface area (Å²) in [6.45, 7) is 1.55. The third-order valence-electron chi connectivity index (χ3n) is 3.70. The van der Waals surface area contributed by atoms with Crippen LogP contribution in [0, 0.1) is 5.82 Å². The zero-order valence-electron chi connectivity index (χ0n) is 13.6.